The van der Waals surface area contributed by atoms with Crippen LogP contribution in [0.1, 0.15) is 5.56 Å². The van der Waals surface area contributed by atoms with E-state index in [0.29, 0.717) is 4.77 Å². The van der Waals surface area contributed by atoms with Crippen LogP contribution in [0.3, 0.4) is 0 Å². The standard InChI is InChI=1S/C10H13N5S/c1-7-4-5-8(6-9(7)14(2)3)15-10(16)11-12-13-15/h4-6H,1-3H3,(H,11,13,16). The first-order chi connectivity index (χ1) is 7.59. The summed E-state index contributed by atoms with van der Waals surface area (Å²) in [5.41, 5.74) is 3.30. The van der Waals surface area contributed by atoms with Gasteiger partial charge in [-0.15, -0.1) is 0 Å². The number of nitrogens with one attached hydrogen (secondary N) is 1. The Morgan fingerprint density at radius 3 is 2.69 bits per heavy atom. The highest BCUT2D eigenvalue weighted by Gasteiger charge is 2.05. The Balaban J connectivity index is 2.56. The highest BCUT2D eigenvalue weighted by Crippen LogP contribution is 2.21. The lowest BCUT2D eigenvalue weighted by atomic mass is 10.1. The molecule has 0 unspecified atom stereocenters. The van der Waals surface area contributed by atoms with Crippen molar-refractivity contribution in [1.29, 1.82) is 0 Å². The number of hydrogen-bond acceptors (Lipinski definition) is 4. The quantitative estimate of drug-likeness (QED) is 0.805. The number of rotatable bonds is 2. The molecule has 1 aromatic heterocycles. The van der Waals surface area contributed by atoms with Gasteiger partial charge in [0.25, 0.3) is 0 Å². The molecular weight excluding hydrogens is 222 g/mol. The summed E-state index contributed by atoms with van der Waals surface area (Å²) >= 11 is 5.05. The van der Waals surface area contributed by atoms with Crippen molar-refractivity contribution in [3.8, 4) is 5.69 Å². The molecule has 0 fully saturated rings. The average molecular weight is 235 g/mol. The van der Waals surface area contributed by atoms with E-state index < -0.39 is 0 Å². The predicted molar refractivity (Wildman–Crippen MR) is 65.6 cm³/mol. The second-order valence-electron chi connectivity index (χ2n) is 3.78. The van der Waals surface area contributed by atoms with Gasteiger partial charge in [-0.05, 0) is 36.8 Å². The van der Waals surface area contributed by atoms with Crippen LogP contribution < -0.4 is 4.90 Å². The highest BCUT2D eigenvalue weighted by molar-refractivity contribution is 7.71. The maximum Gasteiger partial charge on any atom is 0.242 e. The number of benzene rings is 1. The molecule has 0 radical (unpaired) electrons. The molecular formula is C10H13N5S. The topological polar surface area (TPSA) is 49.7 Å². The zero-order chi connectivity index (χ0) is 11.7. The average Bonchev–Trinajstić information content (AvgIpc) is 2.65. The molecule has 0 amide bonds. The Kier molecular flexibility index (Phi) is 2.74. The molecule has 0 spiro atoms. The smallest absolute Gasteiger partial charge is 0.242 e. The number of aromatic nitrogens is 4. The molecule has 2 aromatic rings. The van der Waals surface area contributed by atoms with Crippen LogP contribution in [0, 0.1) is 11.7 Å². The molecule has 0 aliphatic carbocycles. The molecule has 1 N–H and O–H groups in total. The minimum atomic E-state index is 0.425. The van der Waals surface area contributed by atoms with Gasteiger partial charge in [-0.1, -0.05) is 16.4 Å². The molecule has 0 bridgehead atoms. The maximum atomic E-state index is 5.05. The predicted octanol–water partition coefficient (Wildman–Crippen LogP) is 1.70. The molecule has 6 heteroatoms. The van der Waals surface area contributed by atoms with Gasteiger partial charge >= 0.3 is 0 Å². The summed E-state index contributed by atoms with van der Waals surface area (Å²) in [6.45, 7) is 2.07. The number of nitrogens with zero attached hydrogens (tertiary/aromatic N) is 4. The Bertz CT molecular complexity index is 554. The van der Waals surface area contributed by atoms with Gasteiger partial charge in [0.05, 0.1) is 5.69 Å². The molecule has 84 valence electrons. The second-order valence-corrected chi connectivity index (χ2v) is 4.15. The van der Waals surface area contributed by atoms with Crippen molar-refractivity contribution in [2.75, 3.05) is 19.0 Å². The lowest BCUT2D eigenvalue weighted by Crippen LogP contribution is -2.11. The summed E-state index contributed by atoms with van der Waals surface area (Å²) in [5.74, 6) is 0. The van der Waals surface area contributed by atoms with Crippen molar-refractivity contribution in [3.63, 3.8) is 0 Å². The van der Waals surface area contributed by atoms with Crippen LogP contribution >= 0.6 is 12.2 Å². The van der Waals surface area contributed by atoms with E-state index in [0.717, 1.165) is 11.4 Å². The van der Waals surface area contributed by atoms with Crippen molar-refractivity contribution < 1.29 is 0 Å². The Morgan fingerprint density at radius 1 is 1.38 bits per heavy atom. The monoisotopic (exact) mass is 235 g/mol. The third-order valence-electron chi connectivity index (χ3n) is 2.40. The molecule has 1 aromatic carbocycles. The van der Waals surface area contributed by atoms with E-state index in [-0.39, 0.29) is 0 Å². The van der Waals surface area contributed by atoms with Crippen molar-refractivity contribution in [2.45, 2.75) is 6.92 Å². The number of H-pyrrole nitrogens is 1. The number of aryl methyl sites for hydroxylation is 1. The summed E-state index contributed by atoms with van der Waals surface area (Å²) in [7, 11) is 4.02. The van der Waals surface area contributed by atoms with Crippen LogP contribution in [0.5, 0.6) is 0 Å². The molecule has 2 rings (SSSR count). The maximum absolute atomic E-state index is 5.05. The second kappa shape index (κ2) is 4.05. The summed E-state index contributed by atoms with van der Waals surface area (Å²) in [6, 6.07) is 6.08. The van der Waals surface area contributed by atoms with Gasteiger partial charge in [0.1, 0.15) is 0 Å². The Hall–Kier alpha value is -1.69. The van der Waals surface area contributed by atoms with E-state index in [1.807, 2.05) is 32.3 Å². The SMILES string of the molecule is Cc1ccc(-n2[nH]nnc2=S)cc1N(C)C. The van der Waals surface area contributed by atoms with Crippen LogP contribution in [-0.2, 0) is 0 Å². The molecule has 0 aliphatic heterocycles. The summed E-state index contributed by atoms with van der Waals surface area (Å²) < 4.78 is 2.09. The molecule has 16 heavy (non-hydrogen) atoms. The summed E-state index contributed by atoms with van der Waals surface area (Å²) in [4.78, 5) is 2.06. The zero-order valence-electron chi connectivity index (χ0n) is 9.43. The van der Waals surface area contributed by atoms with Gasteiger partial charge in [-0.2, -0.15) is 5.21 Å². The molecule has 1 heterocycles. The van der Waals surface area contributed by atoms with Gasteiger partial charge in [0.15, 0.2) is 0 Å². The van der Waals surface area contributed by atoms with E-state index >= 15 is 0 Å². The first kappa shape index (κ1) is 10.8. The molecule has 0 atom stereocenters. The number of tetrazole rings is 1. The van der Waals surface area contributed by atoms with Crippen molar-refractivity contribution in [3.05, 3.63) is 28.5 Å². The fraction of sp³-hybridized carbons (Fsp3) is 0.300. The van der Waals surface area contributed by atoms with Gasteiger partial charge in [-0.3, -0.25) is 0 Å². The van der Waals surface area contributed by atoms with E-state index in [9.17, 15) is 0 Å². The van der Waals surface area contributed by atoms with Gasteiger partial charge < -0.3 is 4.90 Å². The molecule has 0 saturated carbocycles. The van der Waals surface area contributed by atoms with Crippen LogP contribution in [0.2, 0.25) is 0 Å². The first-order valence-electron chi connectivity index (χ1n) is 4.88. The van der Waals surface area contributed by atoms with Crippen molar-refractivity contribution >= 4 is 17.9 Å². The van der Waals surface area contributed by atoms with E-state index in [1.165, 1.54) is 5.56 Å². The number of aromatic amines is 1. The zero-order valence-corrected chi connectivity index (χ0v) is 10.2. The van der Waals surface area contributed by atoms with E-state index in [2.05, 4.69) is 27.3 Å². The first-order valence-corrected chi connectivity index (χ1v) is 5.29. The fourth-order valence-corrected chi connectivity index (χ4v) is 1.77. The lowest BCUT2D eigenvalue weighted by Gasteiger charge is -2.16. The van der Waals surface area contributed by atoms with Crippen LogP contribution in [0.4, 0.5) is 5.69 Å². The van der Waals surface area contributed by atoms with Gasteiger partial charge in [0.2, 0.25) is 4.77 Å². The highest BCUT2D eigenvalue weighted by atomic mass is 32.1. The summed E-state index contributed by atoms with van der Waals surface area (Å²) in [6.07, 6.45) is 0. The fourth-order valence-electron chi connectivity index (χ4n) is 1.58. The number of hydrogen-bond donors (Lipinski definition) is 1. The number of anilines is 1. The van der Waals surface area contributed by atoms with Crippen molar-refractivity contribution in [2.24, 2.45) is 0 Å². The third kappa shape index (κ3) is 1.83. The molecule has 5 nitrogen and oxygen atoms in total. The lowest BCUT2D eigenvalue weighted by molar-refractivity contribution is 0.785. The summed E-state index contributed by atoms with van der Waals surface area (Å²) in [5, 5.41) is 10.2. The van der Waals surface area contributed by atoms with Crippen LogP contribution in [-0.4, -0.2) is 34.3 Å². The Morgan fingerprint density at radius 2 is 2.12 bits per heavy atom. The Labute approximate surface area is 98.7 Å². The van der Waals surface area contributed by atoms with E-state index in [4.69, 9.17) is 12.2 Å². The third-order valence-corrected chi connectivity index (χ3v) is 2.67. The van der Waals surface area contributed by atoms with Gasteiger partial charge in [0, 0.05) is 19.8 Å². The van der Waals surface area contributed by atoms with Crippen LogP contribution in [0.25, 0.3) is 5.69 Å². The molecule has 0 aliphatic rings. The van der Waals surface area contributed by atoms with E-state index in [1.54, 1.807) is 4.68 Å². The minimum absolute atomic E-state index is 0.425. The normalized spacial score (nSPS) is 10.4. The van der Waals surface area contributed by atoms with Gasteiger partial charge in [-0.25, -0.2) is 4.68 Å². The van der Waals surface area contributed by atoms with Crippen molar-refractivity contribution in [1.82, 2.24) is 20.2 Å². The largest absolute Gasteiger partial charge is 0.377 e. The molecule has 0 saturated heterocycles. The minimum Gasteiger partial charge on any atom is -0.377 e. The van der Waals surface area contributed by atoms with Crippen LogP contribution in [0.15, 0.2) is 18.2 Å².